The third kappa shape index (κ3) is 4.27. The number of nitrogens with zero attached hydrogens (tertiary/aromatic N) is 4. The van der Waals surface area contributed by atoms with Crippen LogP contribution >= 0.6 is 0 Å². The van der Waals surface area contributed by atoms with Crippen LogP contribution in [0.3, 0.4) is 0 Å². The molecule has 96 valence electrons. The van der Waals surface area contributed by atoms with Gasteiger partial charge in [0, 0.05) is 30.5 Å². The summed E-state index contributed by atoms with van der Waals surface area (Å²) >= 11 is 0. The highest BCUT2D eigenvalue weighted by Gasteiger charge is 2.31. The molecular weight excluding hydrogens is 216 g/mol. The van der Waals surface area contributed by atoms with E-state index in [9.17, 15) is 4.79 Å². The second-order valence-electron chi connectivity index (χ2n) is 5.35. The molecule has 5 heteroatoms. The number of amides is 1. The van der Waals surface area contributed by atoms with Gasteiger partial charge in [0.1, 0.15) is 0 Å². The summed E-state index contributed by atoms with van der Waals surface area (Å²) in [6.45, 7) is 7.69. The average molecular weight is 238 g/mol. The van der Waals surface area contributed by atoms with Gasteiger partial charge in [-0.15, -0.1) is 0 Å². The Morgan fingerprint density at radius 2 is 2.18 bits per heavy atom. The quantitative estimate of drug-likeness (QED) is 0.398. The summed E-state index contributed by atoms with van der Waals surface area (Å²) in [7, 11) is 0. The van der Waals surface area contributed by atoms with Gasteiger partial charge in [-0.2, -0.15) is 0 Å². The van der Waals surface area contributed by atoms with E-state index >= 15 is 0 Å². The third-order valence-electron chi connectivity index (χ3n) is 3.34. The minimum Gasteiger partial charge on any atom is -0.340 e. The van der Waals surface area contributed by atoms with Gasteiger partial charge in [-0.3, -0.25) is 4.79 Å². The van der Waals surface area contributed by atoms with E-state index in [0.717, 1.165) is 19.4 Å². The molecular formula is C12H22N4O. The van der Waals surface area contributed by atoms with Crippen molar-refractivity contribution >= 4 is 5.91 Å². The van der Waals surface area contributed by atoms with Crippen molar-refractivity contribution in [3.8, 4) is 0 Å². The van der Waals surface area contributed by atoms with E-state index in [2.05, 4.69) is 30.8 Å². The van der Waals surface area contributed by atoms with Gasteiger partial charge < -0.3 is 4.90 Å². The molecule has 0 saturated carbocycles. The first-order chi connectivity index (χ1) is 8.04. The van der Waals surface area contributed by atoms with Crippen LogP contribution in [0.15, 0.2) is 5.11 Å². The molecule has 1 aliphatic heterocycles. The summed E-state index contributed by atoms with van der Waals surface area (Å²) in [5, 5.41) is 3.56. The minimum atomic E-state index is 0.208. The highest BCUT2D eigenvalue weighted by Crippen LogP contribution is 2.23. The van der Waals surface area contributed by atoms with E-state index in [1.54, 1.807) is 0 Å². The average Bonchev–Trinajstić information content (AvgIpc) is 2.64. The van der Waals surface area contributed by atoms with Crippen LogP contribution in [0.1, 0.15) is 40.0 Å². The van der Waals surface area contributed by atoms with Crippen LogP contribution in [0.2, 0.25) is 0 Å². The molecule has 2 unspecified atom stereocenters. The van der Waals surface area contributed by atoms with E-state index in [0.29, 0.717) is 24.9 Å². The summed E-state index contributed by atoms with van der Waals surface area (Å²) < 4.78 is 0. The number of carbonyl (C=O) groups is 1. The molecule has 0 N–H and O–H groups in total. The molecule has 1 amide bonds. The van der Waals surface area contributed by atoms with Gasteiger partial charge in [-0.05, 0) is 37.1 Å². The maximum atomic E-state index is 11.8. The Hall–Kier alpha value is -1.22. The van der Waals surface area contributed by atoms with Gasteiger partial charge in [-0.1, -0.05) is 19.0 Å². The second-order valence-corrected chi connectivity index (χ2v) is 5.35. The molecule has 0 bridgehead atoms. The molecule has 1 heterocycles. The minimum absolute atomic E-state index is 0.208. The fourth-order valence-corrected chi connectivity index (χ4v) is 2.24. The van der Waals surface area contributed by atoms with Crippen LogP contribution in [0.5, 0.6) is 0 Å². The van der Waals surface area contributed by atoms with Crippen molar-refractivity contribution in [3.05, 3.63) is 10.4 Å². The normalized spacial score (nSPS) is 21.8. The third-order valence-corrected chi connectivity index (χ3v) is 3.34. The Bertz CT molecular complexity index is 310. The van der Waals surface area contributed by atoms with Crippen molar-refractivity contribution in [1.82, 2.24) is 4.90 Å². The maximum Gasteiger partial charge on any atom is 0.223 e. The first kappa shape index (κ1) is 13.8. The first-order valence-electron chi connectivity index (χ1n) is 6.35. The molecule has 0 aromatic heterocycles. The number of hydrogen-bond acceptors (Lipinski definition) is 2. The van der Waals surface area contributed by atoms with Crippen molar-refractivity contribution in [2.24, 2.45) is 17.0 Å². The van der Waals surface area contributed by atoms with E-state index in [4.69, 9.17) is 5.53 Å². The van der Waals surface area contributed by atoms with Crippen molar-refractivity contribution in [2.45, 2.75) is 46.1 Å². The Morgan fingerprint density at radius 3 is 2.76 bits per heavy atom. The topological polar surface area (TPSA) is 69.1 Å². The fourth-order valence-electron chi connectivity index (χ4n) is 2.24. The van der Waals surface area contributed by atoms with Crippen molar-refractivity contribution in [3.63, 3.8) is 0 Å². The van der Waals surface area contributed by atoms with Crippen LogP contribution in [0, 0.1) is 11.8 Å². The summed E-state index contributed by atoms with van der Waals surface area (Å²) in [6.07, 6.45) is 2.73. The Labute approximate surface area is 103 Å². The maximum absolute atomic E-state index is 11.8. The molecule has 0 radical (unpaired) electrons. The molecule has 5 nitrogen and oxygen atoms in total. The van der Waals surface area contributed by atoms with Crippen LogP contribution in [0.4, 0.5) is 0 Å². The Balaban J connectivity index is 2.43. The van der Waals surface area contributed by atoms with Crippen LogP contribution in [0.25, 0.3) is 10.4 Å². The standard InChI is InChI=1S/C12H22N4O/c1-9(2)4-5-10(3)16-8-11(6-12(16)17)7-14-15-13/h9-11H,4-8H2,1-3H3. The smallest absolute Gasteiger partial charge is 0.223 e. The number of hydrogen-bond donors (Lipinski definition) is 0. The highest BCUT2D eigenvalue weighted by molar-refractivity contribution is 5.79. The summed E-state index contributed by atoms with van der Waals surface area (Å²) in [5.41, 5.74) is 8.27. The molecule has 17 heavy (non-hydrogen) atoms. The monoisotopic (exact) mass is 238 g/mol. The van der Waals surface area contributed by atoms with E-state index < -0.39 is 0 Å². The van der Waals surface area contributed by atoms with Crippen LogP contribution < -0.4 is 0 Å². The first-order valence-corrected chi connectivity index (χ1v) is 6.35. The van der Waals surface area contributed by atoms with Crippen LogP contribution in [-0.2, 0) is 4.79 Å². The number of rotatable bonds is 6. The highest BCUT2D eigenvalue weighted by atomic mass is 16.2. The van der Waals surface area contributed by atoms with E-state index in [1.165, 1.54) is 0 Å². The largest absolute Gasteiger partial charge is 0.340 e. The Kier molecular flexibility index (Phi) is 5.29. The molecule has 0 aliphatic carbocycles. The zero-order valence-corrected chi connectivity index (χ0v) is 11.0. The lowest BCUT2D eigenvalue weighted by atomic mass is 10.0. The zero-order chi connectivity index (χ0) is 12.8. The van der Waals surface area contributed by atoms with E-state index in [1.807, 2.05) is 4.90 Å². The number of likely N-dealkylation sites (tertiary alicyclic amines) is 1. The lowest BCUT2D eigenvalue weighted by Crippen LogP contribution is -2.34. The lowest BCUT2D eigenvalue weighted by molar-refractivity contribution is -0.129. The van der Waals surface area contributed by atoms with E-state index in [-0.39, 0.29) is 11.8 Å². The van der Waals surface area contributed by atoms with Gasteiger partial charge >= 0.3 is 0 Å². The molecule has 0 aromatic carbocycles. The Morgan fingerprint density at radius 1 is 1.47 bits per heavy atom. The second kappa shape index (κ2) is 6.50. The molecule has 1 saturated heterocycles. The number of carbonyl (C=O) groups excluding carboxylic acids is 1. The molecule has 0 spiro atoms. The predicted molar refractivity (Wildman–Crippen MR) is 67.4 cm³/mol. The zero-order valence-electron chi connectivity index (χ0n) is 11.0. The van der Waals surface area contributed by atoms with Gasteiger partial charge in [0.05, 0.1) is 0 Å². The van der Waals surface area contributed by atoms with Crippen molar-refractivity contribution in [1.29, 1.82) is 0 Å². The summed E-state index contributed by atoms with van der Waals surface area (Å²) in [6, 6.07) is 0.306. The molecule has 1 rings (SSSR count). The van der Waals surface area contributed by atoms with Gasteiger partial charge in [0.15, 0.2) is 0 Å². The van der Waals surface area contributed by atoms with Crippen molar-refractivity contribution < 1.29 is 4.79 Å². The molecule has 1 aliphatic rings. The van der Waals surface area contributed by atoms with Crippen LogP contribution in [-0.4, -0.2) is 29.9 Å². The summed E-state index contributed by atoms with van der Waals surface area (Å²) in [5.74, 6) is 1.09. The number of azide groups is 1. The predicted octanol–water partition coefficient (Wildman–Crippen LogP) is 2.97. The molecule has 1 fully saturated rings. The SMILES string of the molecule is CC(C)CCC(C)N1CC(CN=[N+]=[N-])CC1=O. The van der Waals surface area contributed by atoms with Gasteiger partial charge in [0.25, 0.3) is 0 Å². The lowest BCUT2D eigenvalue weighted by Gasteiger charge is -2.25. The summed E-state index contributed by atoms with van der Waals surface area (Å²) in [4.78, 5) is 16.5. The molecule has 2 atom stereocenters. The van der Waals surface area contributed by atoms with Gasteiger partial charge in [-0.25, -0.2) is 0 Å². The molecule has 0 aromatic rings. The fraction of sp³-hybridized carbons (Fsp3) is 0.917. The van der Waals surface area contributed by atoms with Gasteiger partial charge in [0.2, 0.25) is 5.91 Å². The van der Waals surface area contributed by atoms with Crippen molar-refractivity contribution in [2.75, 3.05) is 13.1 Å².